The summed E-state index contributed by atoms with van der Waals surface area (Å²) in [6.07, 6.45) is 1.52. The van der Waals surface area contributed by atoms with Crippen molar-refractivity contribution in [3.63, 3.8) is 0 Å². The van der Waals surface area contributed by atoms with Crippen LogP contribution in [0.15, 0.2) is 34.9 Å². The molecule has 0 aliphatic carbocycles. The molecule has 5 nitrogen and oxygen atoms in total. The molecule has 0 fully saturated rings. The molecule has 2 aromatic rings. The van der Waals surface area contributed by atoms with Crippen molar-refractivity contribution in [2.45, 2.75) is 6.61 Å². The van der Waals surface area contributed by atoms with Gasteiger partial charge in [-0.2, -0.15) is 0 Å². The molecular formula is C11H8ClNO4. The zero-order valence-electron chi connectivity index (χ0n) is 8.59. The van der Waals surface area contributed by atoms with E-state index in [1.807, 2.05) is 0 Å². The van der Waals surface area contributed by atoms with E-state index in [1.54, 1.807) is 12.1 Å². The number of carboxylic acids is 1. The molecule has 0 amide bonds. The Hall–Kier alpha value is -2.01. The summed E-state index contributed by atoms with van der Waals surface area (Å²) in [4.78, 5) is 14.6. The monoisotopic (exact) mass is 253 g/mol. The van der Waals surface area contributed by atoms with Crippen molar-refractivity contribution in [2.24, 2.45) is 0 Å². The van der Waals surface area contributed by atoms with E-state index in [0.29, 0.717) is 5.76 Å². The van der Waals surface area contributed by atoms with Gasteiger partial charge in [-0.3, -0.25) is 0 Å². The summed E-state index contributed by atoms with van der Waals surface area (Å²) in [7, 11) is 0. The number of hydrogen-bond donors (Lipinski definition) is 1. The van der Waals surface area contributed by atoms with Gasteiger partial charge in [0.2, 0.25) is 5.88 Å². The lowest BCUT2D eigenvalue weighted by Crippen LogP contribution is -2.01. The topological polar surface area (TPSA) is 72.6 Å². The molecule has 2 rings (SSSR count). The first kappa shape index (κ1) is 11.5. The van der Waals surface area contributed by atoms with Gasteiger partial charge in [-0.05, 0) is 18.2 Å². The summed E-state index contributed by atoms with van der Waals surface area (Å²) in [5.41, 5.74) is 0.0273. The number of ether oxygens (including phenoxy) is 1. The molecule has 88 valence electrons. The van der Waals surface area contributed by atoms with Crippen molar-refractivity contribution in [3.05, 3.63) is 47.0 Å². The van der Waals surface area contributed by atoms with Crippen molar-refractivity contribution in [1.29, 1.82) is 0 Å². The molecule has 0 bridgehead atoms. The maximum atomic E-state index is 10.8. The average Bonchev–Trinajstić information content (AvgIpc) is 2.78. The molecule has 0 unspecified atom stereocenters. The zero-order valence-corrected chi connectivity index (χ0v) is 9.35. The predicted octanol–water partition coefficient (Wildman–Crippen LogP) is 2.61. The highest BCUT2D eigenvalue weighted by atomic mass is 35.5. The summed E-state index contributed by atoms with van der Waals surface area (Å²) in [5, 5.41) is 8.89. The van der Waals surface area contributed by atoms with E-state index < -0.39 is 5.97 Å². The van der Waals surface area contributed by atoms with Crippen LogP contribution in [0.2, 0.25) is 5.15 Å². The summed E-state index contributed by atoms with van der Waals surface area (Å²) < 4.78 is 10.3. The smallest absolute Gasteiger partial charge is 0.335 e. The lowest BCUT2D eigenvalue weighted by Gasteiger charge is -2.04. The molecular weight excluding hydrogens is 246 g/mol. The third-order valence-corrected chi connectivity index (χ3v) is 2.15. The Morgan fingerprint density at radius 1 is 1.53 bits per heavy atom. The van der Waals surface area contributed by atoms with E-state index >= 15 is 0 Å². The van der Waals surface area contributed by atoms with Gasteiger partial charge in [-0.25, -0.2) is 9.78 Å². The quantitative estimate of drug-likeness (QED) is 0.848. The Bertz CT molecular complexity index is 524. The van der Waals surface area contributed by atoms with Gasteiger partial charge in [0, 0.05) is 6.07 Å². The van der Waals surface area contributed by atoms with Crippen LogP contribution in [0.1, 0.15) is 16.1 Å². The third kappa shape index (κ3) is 2.98. The van der Waals surface area contributed by atoms with Crippen LogP contribution >= 0.6 is 11.6 Å². The van der Waals surface area contributed by atoms with Crippen LogP contribution in [-0.2, 0) is 6.61 Å². The molecule has 2 aromatic heterocycles. The van der Waals surface area contributed by atoms with Crippen molar-refractivity contribution >= 4 is 17.6 Å². The third-order valence-electron chi connectivity index (χ3n) is 1.96. The summed E-state index contributed by atoms with van der Waals surface area (Å²) in [6, 6.07) is 6.02. The number of halogens is 1. The number of carbonyl (C=O) groups is 1. The fraction of sp³-hybridized carbons (Fsp3) is 0.0909. The second-order valence-electron chi connectivity index (χ2n) is 3.19. The first-order valence-electron chi connectivity index (χ1n) is 4.71. The molecule has 0 spiro atoms. The molecule has 6 heteroatoms. The molecule has 0 saturated carbocycles. The largest absolute Gasteiger partial charge is 0.478 e. The van der Waals surface area contributed by atoms with E-state index in [4.69, 9.17) is 25.9 Å². The molecule has 0 aromatic carbocycles. The minimum Gasteiger partial charge on any atom is -0.478 e. The molecule has 0 radical (unpaired) electrons. The Morgan fingerprint density at radius 2 is 2.35 bits per heavy atom. The number of aromatic nitrogens is 1. The van der Waals surface area contributed by atoms with Crippen LogP contribution in [0, 0.1) is 0 Å². The van der Waals surface area contributed by atoms with Gasteiger partial charge in [0.1, 0.15) is 17.5 Å². The summed E-state index contributed by atoms with van der Waals surface area (Å²) >= 11 is 5.68. The van der Waals surface area contributed by atoms with Gasteiger partial charge < -0.3 is 14.3 Å². The van der Waals surface area contributed by atoms with Crippen LogP contribution in [0.4, 0.5) is 0 Å². The number of aromatic carboxylic acids is 1. The van der Waals surface area contributed by atoms with Gasteiger partial charge in [-0.15, -0.1) is 0 Å². The van der Waals surface area contributed by atoms with E-state index in [9.17, 15) is 4.79 Å². The molecule has 2 heterocycles. The number of carboxylic acid groups (broad SMARTS) is 1. The second kappa shape index (κ2) is 4.88. The van der Waals surface area contributed by atoms with Crippen LogP contribution in [-0.4, -0.2) is 16.1 Å². The Morgan fingerprint density at radius 3 is 3.00 bits per heavy atom. The number of nitrogens with zero attached hydrogens (tertiary/aromatic N) is 1. The SMILES string of the molecule is O=C(O)c1cc(Cl)nc(OCc2ccco2)c1. The highest BCUT2D eigenvalue weighted by Crippen LogP contribution is 2.17. The predicted molar refractivity (Wildman–Crippen MR) is 59.2 cm³/mol. The zero-order chi connectivity index (χ0) is 12.3. The maximum Gasteiger partial charge on any atom is 0.335 e. The lowest BCUT2D eigenvalue weighted by atomic mass is 10.3. The van der Waals surface area contributed by atoms with Crippen molar-refractivity contribution in [1.82, 2.24) is 4.98 Å². The van der Waals surface area contributed by atoms with E-state index in [0.717, 1.165) is 0 Å². The Balaban J connectivity index is 2.13. The summed E-state index contributed by atoms with van der Waals surface area (Å²) in [5.74, 6) is -0.327. The molecule has 0 atom stereocenters. The normalized spacial score (nSPS) is 10.2. The van der Waals surface area contributed by atoms with Crippen LogP contribution in [0.5, 0.6) is 5.88 Å². The first-order chi connectivity index (χ1) is 8.15. The summed E-state index contributed by atoms with van der Waals surface area (Å²) in [6.45, 7) is 0.166. The molecule has 17 heavy (non-hydrogen) atoms. The van der Waals surface area contributed by atoms with E-state index in [2.05, 4.69) is 4.98 Å². The number of furan rings is 1. The number of rotatable bonds is 4. The first-order valence-corrected chi connectivity index (χ1v) is 5.09. The standard InChI is InChI=1S/C11H8ClNO4/c12-9-4-7(11(14)15)5-10(13-9)17-6-8-2-1-3-16-8/h1-5H,6H2,(H,14,15). The van der Waals surface area contributed by atoms with E-state index in [1.165, 1.54) is 18.4 Å². The van der Waals surface area contributed by atoms with Gasteiger partial charge in [-0.1, -0.05) is 11.6 Å². The minimum absolute atomic E-state index is 0.0273. The van der Waals surface area contributed by atoms with Crippen LogP contribution < -0.4 is 4.74 Å². The number of hydrogen-bond acceptors (Lipinski definition) is 4. The molecule has 0 aliphatic heterocycles. The van der Waals surface area contributed by atoms with E-state index in [-0.39, 0.29) is 23.2 Å². The van der Waals surface area contributed by atoms with Crippen LogP contribution in [0.25, 0.3) is 0 Å². The highest BCUT2D eigenvalue weighted by molar-refractivity contribution is 6.29. The van der Waals surface area contributed by atoms with Gasteiger partial charge in [0.15, 0.2) is 0 Å². The fourth-order valence-corrected chi connectivity index (χ4v) is 1.41. The van der Waals surface area contributed by atoms with Crippen molar-refractivity contribution in [2.75, 3.05) is 0 Å². The Labute approximate surface area is 102 Å². The van der Waals surface area contributed by atoms with Crippen LogP contribution in [0.3, 0.4) is 0 Å². The van der Waals surface area contributed by atoms with Gasteiger partial charge >= 0.3 is 5.97 Å². The maximum absolute atomic E-state index is 10.8. The Kier molecular flexibility index (Phi) is 3.30. The van der Waals surface area contributed by atoms with Gasteiger partial charge in [0.25, 0.3) is 0 Å². The second-order valence-corrected chi connectivity index (χ2v) is 3.58. The van der Waals surface area contributed by atoms with Crippen molar-refractivity contribution in [3.8, 4) is 5.88 Å². The highest BCUT2D eigenvalue weighted by Gasteiger charge is 2.08. The molecule has 1 N–H and O–H groups in total. The van der Waals surface area contributed by atoms with Gasteiger partial charge in [0.05, 0.1) is 11.8 Å². The molecule has 0 aliphatic rings. The number of pyridine rings is 1. The fourth-order valence-electron chi connectivity index (χ4n) is 1.21. The lowest BCUT2D eigenvalue weighted by molar-refractivity contribution is 0.0696. The molecule has 0 saturated heterocycles. The average molecular weight is 254 g/mol. The minimum atomic E-state index is -1.09. The van der Waals surface area contributed by atoms with Crippen molar-refractivity contribution < 1.29 is 19.1 Å².